The number of imidazole rings is 1. The average molecular weight is 503 g/mol. The number of halogens is 1. The molecule has 11 heteroatoms. The third-order valence-corrected chi connectivity index (χ3v) is 6.96. The minimum Gasteiger partial charge on any atom is -0.378 e. The molecule has 0 radical (unpaired) electrons. The Kier molecular flexibility index (Phi) is 8.40. The van der Waals surface area contributed by atoms with Crippen LogP contribution in [0.5, 0.6) is 0 Å². The van der Waals surface area contributed by atoms with Gasteiger partial charge in [-0.25, -0.2) is 14.2 Å². The van der Waals surface area contributed by atoms with E-state index in [-0.39, 0.29) is 23.9 Å². The first-order valence-electron chi connectivity index (χ1n) is 12.7. The van der Waals surface area contributed by atoms with Gasteiger partial charge in [-0.3, -0.25) is 9.59 Å². The second-order valence-electron chi connectivity index (χ2n) is 9.44. The van der Waals surface area contributed by atoms with Gasteiger partial charge >= 0.3 is 6.03 Å². The molecule has 0 unspecified atom stereocenters. The van der Waals surface area contributed by atoms with Crippen LogP contribution in [-0.2, 0) is 14.3 Å². The summed E-state index contributed by atoms with van der Waals surface area (Å²) >= 11 is 0. The van der Waals surface area contributed by atoms with Crippen LogP contribution in [0.2, 0.25) is 0 Å². The van der Waals surface area contributed by atoms with Crippen molar-refractivity contribution in [3.63, 3.8) is 0 Å². The van der Waals surface area contributed by atoms with Crippen LogP contribution in [0.1, 0.15) is 57.8 Å². The highest BCUT2D eigenvalue weighted by atomic mass is 19.1. The van der Waals surface area contributed by atoms with Crippen molar-refractivity contribution in [2.45, 2.75) is 64.1 Å². The number of morpholine rings is 1. The van der Waals surface area contributed by atoms with Crippen LogP contribution >= 0.6 is 0 Å². The Hall–Kier alpha value is -3.21. The Balaban J connectivity index is 1.48. The number of H-pyrrole nitrogens is 1. The number of hydrogen-bond acceptors (Lipinski definition) is 5. The molecular weight excluding hydrogens is 467 g/mol. The SMILES string of the molecule is CC[C@H]1CCCCN1C(=O)C[C@H](NC(=O)N1CCOCC1)C(=O)N[C@@H](C)c1nc2c(F)cccc2[nH]1. The van der Waals surface area contributed by atoms with E-state index in [1.54, 1.807) is 24.0 Å². The molecule has 1 aromatic carbocycles. The maximum absolute atomic E-state index is 14.1. The summed E-state index contributed by atoms with van der Waals surface area (Å²) in [5.41, 5.74) is 0.714. The number of nitrogens with zero attached hydrogens (tertiary/aromatic N) is 3. The molecule has 0 bridgehead atoms. The number of hydrogen-bond donors (Lipinski definition) is 3. The Morgan fingerprint density at radius 3 is 2.69 bits per heavy atom. The molecule has 3 N–H and O–H groups in total. The van der Waals surface area contributed by atoms with E-state index >= 15 is 0 Å². The van der Waals surface area contributed by atoms with Gasteiger partial charge in [-0.05, 0) is 44.7 Å². The number of aromatic nitrogens is 2. The Labute approximate surface area is 209 Å². The number of rotatable bonds is 7. The zero-order valence-electron chi connectivity index (χ0n) is 20.9. The fourth-order valence-corrected chi connectivity index (χ4v) is 4.86. The number of urea groups is 1. The highest BCUT2D eigenvalue weighted by molar-refractivity contribution is 5.92. The normalized spacial score (nSPS) is 20.1. The number of piperidine rings is 1. The van der Waals surface area contributed by atoms with E-state index in [0.717, 1.165) is 25.7 Å². The van der Waals surface area contributed by atoms with E-state index in [1.165, 1.54) is 6.07 Å². The van der Waals surface area contributed by atoms with E-state index in [0.29, 0.717) is 44.2 Å². The molecule has 2 fully saturated rings. The quantitative estimate of drug-likeness (QED) is 0.537. The molecule has 4 rings (SSSR count). The van der Waals surface area contributed by atoms with Gasteiger partial charge in [0.2, 0.25) is 11.8 Å². The molecule has 0 spiro atoms. The number of para-hydroxylation sites is 1. The van der Waals surface area contributed by atoms with E-state index in [9.17, 15) is 18.8 Å². The van der Waals surface area contributed by atoms with Crippen LogP contribution in [0.25, 0.3) is 11.0 Å². The second kappa shape index (κ2) is 11.7. The number of likely N-dealkylation sites (tertiary alicyclic amines) is 1. The van der Waals surface area contributed by atoms with Crippen molar-refractivity contribution in [3.05, 3.63) is 29.8 Å². The number of fused-ring (bicyclic) bond motifs is 1. The monoisotopic (exact) mass is 502 g/mol. The lowest BCUT2D eigenvalue weighted by Gasteiger charge is -2.36. The molecule has 0 saturated carbocycles. The number of nitrogens with one attached hydrogen (secondary N) is 3. The number of carbonyl (C=O) groups excluding carboxylic acids is 3. The van der Waals surface area contributed by atoms with Crippen LogP contribution < -0.4 is 10.6 Å². The Morgan fingerprint density at radius 1 is 1.19 bits per heavy atom. The topological polar surface area (TPSA) is 120 Å². The summed E-state index contributed by atoms with van der Waals surface area (Å²) in [6.45, 7) is 6.11. The van der Waals surface area contributed by atoms with Crippen molar-refractivity contribution in [1.82, 2.24) is 30.4 Å². The summed E-state index contributed by atoms with van der Waals surface area (Å²) in [5, 5.41) is 5.60. The van der Waals surface area contributed by atoms with Crippen molar-refractivity contribution < 1.29 is 23.5 Å². The Bertz CT molecular complexity index is 1090. The zero-order chi connectivity index (χ0) is 25.7. The van der Waals surface area contributed by atoms with Crippen molar-refractivity contribution in [3.8, 4) is 0 Å². The summed E-state index contributed by atoms with van der Waals surface area (Å²) in [6.07, 6.45) is 3.66. The van der Waals surface area contributed by atoms with Gasteiger partial charge in [-0.1, -0.05) is 13.0 Å². The maximum Gasteiger partial charge on any atom is 0.318 e. The van der Waals surface area contributed by atoms with Crippen LogP contribution in [0.15, 0.2) is 18.2 Å². The van der Waals surface area contributed by atoms with Gasteiger partial charge in [0, 0.05) is 25.7 Å². The summed E-state index contributed by atoms with van der Waals surface area (Å²) in [5.74, 6) is -0.720. The lowest BCUT2D eigenvalue weighted by atomic mass is 9.99. The van der Waals surface area contributed by atoms with E-state index in [1.807, 2.05) is 4.90 Å². The molecule has 0 aliphatic carbocycles. The molecule has 196 valence electrons. The van der Waals surface area contributed by atoms with Crippen molar-refractivity contribution in [2.24, 2.45) is 0 Å². The third-order valence-electron chi connectivity index (χ3n) is 6.96. The zero-order valence-corrected chi connectivity index (χ0v) is 20.9. The van der Waals surface area contributed by atoms with Crippen molar-refractivity contribution in [2.75, 3.05) is 32.8 Å². The number of carbonyl (C=O) groups is 3. The fourth-order valence-electron chi connectivity index (χ4n) is 4.86. The second-order valence-corrected chi connectivity index (χ2v) is 9.44. The van der Waals surface area contributed by atoms with E-state index in [4.69, 9.17) is 4.74 Å². The van der Waals surface area contributed by atoms with Gasteiger partial charge in [-0.2, -0.15) is 0 Å². The minimum absolute atomic E-state index is 0.139. The Morgan fingerprint density at radius 2 is 1.97 bits per heavy atom. The van der Waals surface area contributed by atoms with Crippen molar-refractivity contribution >= 4 is 28.9 Å². The molecule has 1 aromatic heterocycles. The largest absolute Gasteiger partial charge is 0.378 e. The van der Waals surface area contributed by atoms with Crippen LogP contribution in [0.3, 0.4) is 0 Å². The van der Waals surface area contributed by atoms with Crippen LogP contribution in [0.4, 0.5) is 9.18 Å². The highest BCUT2D eigenvalue weighted by Crippen LogP contribution is 2.22. The first-order chi connectivity index (χ1) is 17.4. The average Bonchev–Trinajstić information content (AvgIpc) is 3.34. The van der Waals surface area contributed by atoms with Gasteiger partial charge in [0.25, 0.3) is 0 Å². The fraction of sp³-hybridized carbons (Fsp3) is 0.600. The standard InChI is InChI=1S/C25H35FN6O4/c1-3-17-7-4-5-10-32(17)21(33)15-20(29-25(35)31-11-13-36-14-12-31)24(34)27-16(2)23-28-19-9-6-8-18(26)22(19)30-23/h6,8-9,16-17,20H,3-5,7,10-15H2,1-2H3,(H,27,34)(H,28,30)(H,29,35)/t16-,17-,20-/m0/s1. The highest BCUT2D eigenvalue weighted by Gasteiger charge is 2.32. The molecule has 4 amide bonds. The third kappa shape index (κ3) is 5.95. The number of amides is 4. The molecule has 2 aliphatic rings. The number of benzene rings is 1. The predicted molar refractivity (Wildman–Crippen MR) is 132 cm³/mol. The van der Waals surface area contributed by atoms with Gasteiger partial charge in [-0.15, -0.1) is 0 Å². The molecule has 3 heterocycles. The summed E-state index contributed by atoms with van der Waals surface area (Å²) < 4.78 is 19.4. The molecule has 36 heavy (non-hydrogen) atoms. The van der Waals surface area contributed by atoms with Gasteiger partial charge in [0.05, 0.1) is 31.2 Å². The number of aromatic amines is 1. The molecular formula is C25H35FN6O4. The molecule has 10 nitrogen and oxygen atoms in total. The summed E-state index contributed by atoms with van der Waals surface area (Å²) in [4.78, 5) is 50.2. The molecule has 3 atom stereocenters. The lowest BCUT2D eigenvalue weighted by Crippen LogP contribution is -2.55. The van der Waals surface area contributed by atoms with Gasteiger partial charge < -0.3 is 30.2 Å². The van der Waals surface area contributed by atoms with Gasteiger partial charge in [0.1, 0.15) is 17.4 Å². The minimum atomic E-state index is -1.06. The van der Waals surface area contributed by atoms with E-state index in [2.05, 4.69) is 27.5 Å². The lowest BCUT2D eigenvalue weighted by molar-refractivity contribution is -0.138. The molecule has 2 aromatic rings. The summed E-state index contributed by atoms with van der Waals surface area (Å²) in [6, 6.07) is 2.69. The smallest absolute Gasteiger partial charge is 0.318 e. The first-order valence-corrected chi connectivity index (χ1v) is 12.7. The van der Waals surface area contributed by atoms with Gasteiger partial charge in [0.15, 0.2) is 5.82 Å². The van der Waals surface area contributed by atoms with E-state index < -0.39 is 29.8 Å². The van der Waals surface area contributed by atoms with Crippen molar-refractivity contribution in [1.29, 1.82) is 0 Å². The molecule has 2 saturated heterocycles. The maximum atomic E-state index is 14.1. The summed E-state index contributed by atoms with van der Waals surface area (Å²) in [7, 11) is 0. The number of ether oxygens (including phenoxy) is 1. The first kappa shape index (κ1) is 25.9. The molecule has 2 aliphatic heterocycles. The van der Waals surface area contributed by atoms with Crippen LogP contribution in [0, 0.1) is 5.82 Å². The van der Waals surface area contributed by atoms with Crippen LogP contribution in [-0.4, -0.2) is 82.5 Å². The predicted octanol–water partition coefficient (Wildman–Crippen LogP) is 2.47.